The molecule has 3 rings (SSSR count). The molecule has 2 amide bonds. The van der Waals surface area contributed by atoms with Gasteiger partial charge in [-0.15, -0.1) is 0 Å². The number of hydrogen-bond acceptors (Lipinski definition) is 5. The molecule has 184 valence electrons. The molecule has 1 aliphatic rings. The Balaban J connectivity index is 1.43. The average molecular weight is 488 g/mol. The van der Waals surface area contributed by atoms with E-state index in [1.807, 2.05) is 45.0 Å². The van der Waals surface area contributed by atoms with E-state index in [9.17, 15) is 18.0 Å². The predicted molar refractivity (Wildman–Crippen MR) is 130 cm³/mol. The first-order valence-corrected chi connectivity index (χ1v) is 13.0. The number of hydrogen-bond donors (Lipinski definition) is 1. The molecule has 1 fully saturated rings. The lowest BCUT2D eigenvalue weighted by molar-refractivity contribution is -0.134. The van der Waals surface area contributed by atoms with Gasteiger partial charge in [-0.1, -0.05) is 30.3 Å². The van der Waals surface area contributed by atoms with Crippen LogP contribution in [0.5, 0.6) is 5.75 Å². The quantitative estimate of drug-likeness (QED) is 0.587. The molecule has 2 aromatic carbocycles. The van der Waals surface area contributed by atoms with Crippen LogP contribution in [0, 0.1) is 0 Å². The minimum absolute atomic E-state index is 0.0836. The standard InChI is InChI=1S/C25H33N3O5S/c1-19(2)33-22-11-9-21(10-12-22)20(3)26-24(29)13-14-25(30)27-15-17-28(18-16-27)34(31,32)23-7-5-4-6-8-23/h4-12,19-20H,13-18H2,1-3H3,(H,26,29). The molecule has 1 heterocycles. The van der Waals surface area contributed by atoms with Gasteiger partial charge < -0.3 is 15.0 Å². The van der Waals surface area contributed by atoms with Crippen LogP contribution in [0.15, 0.2) is 59.5 Å². The molecule has 2 aromatic rings. The van der Waals surface area contributed by atoms with Gasteiger partial charge in [0, 0.05) is 39.0 Å². The second-order valence-corrected chi connectivity index (χ2v) is 10.6. The predicted octanol–water partition coefficient (Wildman–Crippen LogP) is 2.96. The monoisotopic (exact) mass is 487 g/mol. The van der Waals surface area contributed by atoms with Gasteiger partial charge in [-0.2, -0.15) is 4.31 Å². The van der Waals surface area contributed by atoms with Gasteiger partial charge in [0.25, 0.3) is 0 Å². The van der Waals surface area contributed by atoms with Crippen molar-refractivity contribution >= 4 is 21.8 Å². The maximum Gasteiger partial charge on any atom is 0.243 e. The lowest BCUT2D eigenvalue weighted by atomic mass is 10.1. The van der Waals surface area contributed by atoms with E-state index in [2.05, 4.69) is 5.32 Å². The first-order chi connectivity index (χ1) is 16.2. The number of ether oxygens (including phenoxy) is 1. The fourth-order valence-electron chi connectivity index (χ4n) is 3.80. The van der Waals surface area contributed by atoms with Crippen molar-refractivity contribution in [2.75, 3.05) is 26.2 Å². The lowest BCUT2D eigenvalue weighted by Gasteiger charge is -2.34. The first-order valence-electron chi connectivity index (χ1n) is 11.6. The summed E-state index contributed by atoms with van der Waals surface area (Å²) in [5.41, 5.74) is 0.950. The summed E-state index contributed by atoms with van der Waals surface area (Å²) in [6.07, 6.45) is 0.266. The van der Waals surface area contributed by atoms with Crippen molar-refractivity contribution in [1.82, 2.24) is 14.5 Å². The summed E-state index contributed by atoms with van der Waals surface area (Å²) in [7, 11) is -3.56. The highest BCUT2D eigenvalue weighted by Crippen LogP contribution is 2.20. The smallest absolute Gasteiger partial charge is 0.243 e. The number of piperazine rings is 1. The molecule has 9 heteroatoms. The molecule has 1 unspecified atom stereocenters. The minimum Gasteiger partial charge on any atom is -0.491 e. The number of nitrogens with zero attached hydrogens (tertiary/aromatic N) is 2. The number of sulfonamides is 1. The maximum atomic E-state index is 12.7. The number of nitrogens with one attached hydrogen (secondary N) is 1. The third-order valence-electron chi connectivity index (χ3n) is 5.67. The van der Waals surface area contributed by atoms with Crippen LogP contribution in [0.3, 0.4) is 0 Å². The summed E-state index contributed by atoms with van der Waals surface area (Å²) in [6, 6.07) is 15.7. The molecule has 0 saturated carbocycles. The van der Waals surface area contributed by atoms with Crippen molar-refractivity contribution in [3.05, 3.63) is 60.2 Å². The highest BCUT2D eigenvalue weighted by Gasteiger charge is 2.30. The van der Waals surface area contributed by atoms with Crippen molar-refractivity contribution in [1.29, 1.82) is 0 Å². The lowest BCUT2D eigenvalue weighted by Crippen LogP contribution is -2.50. The maximum absolute atomic E-state index is 12.7. The van der Waals surface area contributed by atoms with Crippen molar-refractivity contribution in [3.8, 4) is 5.75 Å². The van der Waals surface area contributed by atoms with Crippen LogP contribution in [0.2, 0.25) is 0 Å². The van der Waals surface area contributed by atoms with Gasteiger partial charge in [0.2, 0.25) is 21.8 Å². The zero-order valence-corrected chi connectivity index (χ0v) is 20.8. The Morgan fingerprint density at radius 1 is 0.912 bits per heavy atom. The van der Waals surface area contributed by atoms with Crippen LogP contribution in [-0.4, -0.2) is 61.7 Å². The topological polar surface area (TPSA) is 96.0 Å². The van der Waals surface area contributed by atoms with Crippen LogP contribution in [0.25, 0.3) is 0 Å². The van der Waals surface area contributed by atoms with Gasteiger partial charge in [-0.05, 0) is 50.6 Å². The largest absolute Gasteiger partial charge is 0.491 e. The van der Waals surface area contributed by atoms with Crippen LogP contribution >= 0.6 is 0 Å². The molecule has 1 N–H and O–H groups in total. The van der Waals surface area contributed by atoms with Gasteiger partial charge in [0.05, 0.1) is 17.0 Å². The Morgan fingerprint density at radius 2 is 1.53 bits per heavy atom. The van der Waals surface area contributed by atoms with Crippen molar-refractivity contribution < 1.29 is 22.7 Å². The van der Waals surface area contributed by atoms with Gasteiger partial charge in [0.1, 0.15) is 5.75 Å². The third-order valence-corrected chi connectivity index (χ3v) is 7.58. The molecule has 34 heavy (non-hydrogen) atoms. The van der Waals surface area contributed by atoms with Crippen LogP contribution in [-0.2, 0) is 19.6 Å². The van der Waals surface area contributed by atoms with Crippen molar-refractivity contribution in [2.45, 2.75) is 50.7 Å². The molecule has 0 aromatic heterocycles. The number of amides is 2. The van der Waals surface area contributed by atoms with Crippen molar-refractivity contribution in [3.63, 3.8) is 0 Å². The Labute approximate surface area is 201 Å². The second-order valence-electron chi connectivity index (χ2n) is 8.62. The van der Waals surface area contributed by atoms with Crippen molar-refractivity contribution in [2.24, 2.45) is 0 Å². The third kappa shape index (κ3) is 6.80. The highest BCUT2D eigenvalue weighted by atomic mass is 32.2. The summed E-state index contributed by atoms with van der Waals surface area (Å²) in [5, 5.41) is 2.92. The minimum atomic E-state index is -3.56. The van der Waals surface area contributed by atoms with E-state index in [1.165, 1.54) is 4.31 Å². The Morgan fingerprint density at radius 3 is 2.12 bits per heavy atom. The summed E-state index contributed by atoms with van der Waals surface area (Å²) in [5.74, 6) is 0.433. The Bertz CT molecular complexity index is 1060. The van der Waals surface area contributed by atoms with Gasteiger partial charge in [-0.25, -0.2) is 8.42 Å². The number of benzene rings is 2. The fraction of sp³-hybridized carbons (Fsp3) is 0.440. The molecule has 8 nitrogen and oxygen atoms in total. The molecule has 0 bridgehead atoms. The van der Waals surface area contributed by atoms with Crippen LogP contribution in [0.1, 0.15) is 45.2 Å². The summed E-state index contributed by atoms with van der Waals surface area (Å²) in [6.45, 7) is 6.92. The number of carbonyl (C=O) groups is 2. The molecule has 0 radical (unpaired) electrons. The van der Waals surface area contributed by atoms with Gasteiger partial charge >= 0.3 is 0 Å². The van der Waals surface area contributed by atoms with Gasteiger partial charge in [-0.3, -0.25) is 9.59 Å². The summed E-state index contributed by atoms with van der Waals surface area (Å²) < 4.78 is 32.5. The van der Waals surface area contributed by atoms with E-state index in [4.69, 9.17) is 4.74 Å². The van der Waals surface area contributed by atoms with E-state index in [0.29, 0.717) is 13.1 Å². The molecule has 0 spiro atoms. The average Bonchev–Trinajstić information content (AvgIpc) is 2.83. The zero-order chi connectivity index (χ0) is 24.7. The second kappa shape index (κ2) is 11.5. The Kier molecular flexibility index (Phi) is 8.68. The zero-order valence-electron chi connectivity index (χ0n) is 19.9. The number of rotatable bonds is 9. The van der Waals surface area contributed by atoms with Crippen LogP contribution < -0.4 is 10.1 Å². The van der Waals surface area contributed by atoms with Gasteiger partial charge in [0.15, 0.2) is 0 Å². The molecule has 1 atom stereocenters. The summed E-state index contributed by atoms with van der Waals surface area (Å²) in [4.78, 5) is 26.8. The normalized spacial score (nSPS) is 15.7. The SMILES string of the molecule is CC(C)Oc1ccc(C(C)NC(=O)CCC(=O)N2CCN(S(=O)(=O)c3ccccc3)CC2)cc1. The molecule has 1 aliphatic heterocycles. The number of carbonyl (C=O) groups excluding carboxylic acids is 2. The van der Waals surface area contributed by atoms with Crippen LogP contribution in [0.4, 0.5) is 0 Å². The molecular weight excluding hydrogens is 454 g/mol. The molecule has 1 saturated heterocycles. The highest BCUT2D eigenvalue weighted by molar-refractivity contribution is 7.89. The summed E-state index contributed by atoms with van der Waals surface area (Å²) >= 11 is 0. The van der Waals surface area contributed by atoms with E-state index < -0.39 is 10.0 Å². The van der Waals surface area contributed by atoms with E-state index >= 15 is 0 Å². The molecular formula is C25H33N3O5S. The fourth-order valence-corrected chi connectivity index (χ4v) is 5.25. The van der Waals surface area contributed by atoms with E-state index in [-0.39, 0.29) is 54.8 Å². The van der Waals surface area contributed by atoms with E-state index in [1.54, 1.807) is 35.2 Å². The first kappa shape index (κ1) is 25.7. The Hall–Kier alpha value is -2.91. The van der Waals surface area contributed by atoms with E-state index in [0.717, 1.165) is 11.3 Å². The molecule has 0 aliphatic carbocycles.